The second-order valence-corrected chi connectivity index (χ2v) is 5.68. The Morgan fingerprint density at radius 1 is 1.29 bits per heavy atom. The summed E-state index contributed by atoms with van der Waals surface area (Å²) in [4.78, 5) is 12.2. The highest BCUT2D eigenvalue weighted by molar-refractivity contribution is 5.83. The van der Waals surface area contributed by atoms with Crippen molar-refractivity contribution < 1.29 is 13.6 Å². The van der Waals surface area contributed by atoms with E-state index in [9.17, 15) is 9.18 Å². The van der Waals surface area contributed by atoms with Gasteiger partial charge in [-0.25, -0.2) is 4.39 Å². The molecule has 0 aliphatic heterocycles. The van der Waals surface area contributed by atoms with Gasteiger partial charge in [0.25, 0.3) is 0 Å². The molecule has 0 saturated heterocycles. The van der Waals surface area contributed by atoms with Gasteiger partial charge in [0.2, 0.25) is 5.91 Å². The first-order chi connectivity index (χ1) is 10.0. The number of rotatable bonds is 4. The van der Waals surface area contributed by atoms with Gasteiger partial charge in [-0.15, -0.1) is 0 Å². The van der Waals surface area contributed by atoms with Crippen molar-refractivity contribution in [2.75, 3.05) is 0 Å². The lowest BCUT2D eigenvalue weighted by Gasteiger charge is -2.11. The third-order valence-electron chi connectivity index (χ3n) is 3.97. The summed E-state index contributed by atoms with van der Waals surface area (Å²) in [5.41, 5.74) is 1.03. The summed E-state index contributed by atoms with van der Waals surface area (Å²) in [7, 11) is 0. The van der Waals surface area contributed by atoms with Crippen LogP contribution in [0.4, 0.5) is 4.39 Å². The highest BCUT2D eigenvalue weighted by Crippen LogP contribution is 2.47. The molecule has 0 radical (unpaired) electrons. The van der Waals surface area contributed by atoms with Crippen molar-refractivity contribution >= 4 is 5.91 Å². The molecular weight excluding hydrogens is 269 g/mol. The van der Waals surface area contributed by atoms with Crippen molar-refractivity contribution in [2.24, 2.45) is 5.92 Å². The van der Waals surface area contributed by atoms with Crippen molar-refractivity contribution in [1.82, 2.24) is 5.32 Å². The molecule has 3 rings (SSSR count). The van der Waals surface area contributed by atoms with Gasteiger partial charge in [-0.1, -0.05) is 12.1 Å². The second-order valence-electron chi connectivity index (χ2n) is 5.68. The lowest BCUT2D eigenvalue weighted by molar-refractivity contribution is -0.123. The number of carbonyl (C=O) groups is 1. The highest BCUT2D eigenvalue weighted by atomic mass is 19.1. The zero-order valence-corrected chi connectivity index (χ0v) is 12.1. The first kappa shape index (κ1) is 13.9. The van der Waals surface area contributed by atoms with Crippen LogP contribution in [0.2, 0.25) is 0 Å². The van der Waals surface area contributed by atoms with Gasteiger partial charge in [-0.05, 0) is 56.0 Å². The zero-order chi connectivity index (χ0) is 15.0. The van der Waals surface area contributed by atoms with E-state index in [-0.39, 0.29) is 29.6 Å². The van der Waals surface area contributed by atoms with Crippen molar-refractivity contribution in [3.8, 4) is 0 Å². The Kier molecular flexibility index (Phi) is 3.53. The standard InChI is InChI=1S/C17H18FNO2/c1-10-3-8-16(21-10)11(2)19-17(20)15-9-14(15)12-4-6-13(18)7-5-12/h3-8,11,14-15H,9H2,1-2H3,(H,19,20). The summed E-state index contributed by atoms with van der Waals surface area (Å²) in [6.07, 6.45) is 0.821. The molecule has 4 heteroatoms. The smallest absolute Gasteiger partial charge is 0.224 e. The van der Waals surface area contributed by atoms with Crippen molar-refractivity contribution in [3.63, 3.8) is 0 Å². The van der Waals surface area contributed by atoms with Crippen LogP contribution in [0.3, 0.4) is 0 Å². The quantitative estimate of drug-likeness (QED) is 0.931. The number of furan rings is 1. The predicted octanol–water partition coefficient (Wildman–Crippen LogP) is 3.71. The van der Waals surface area contributed by atoms with Gasteiger partial charge < -0.3 is 9.73 Å². The minimum absolute atomic E-state index is 0.0195. The molecule has 1 heterocycles. The van der Waals surface area contributed by atoms with Gasteiger partial charge in [-0.3, -0.25) is 4.79 Å². The number of hydrogen-bond acceptors (Lipinski definition) is 2. The highest BCUT2D eigenvalue weighted by Gasteiger charge is 2.44. The Balaban J connectivity index is 1.59. The van der Waals surface area contributed by atoms with Crippen LogP contribution in [0.15, 0.2) is 40.8 Å². The first-order valence-corrected chi connectivity index (χ1v) is 7.17. The zero-order valence-electron chi connectivity index (χ0n) is 12.1. The molecule has 0 spiro atoms. The monoisotopic (exact) mass is 287 g/mol. The third-order valence-corrected chi connectivity index (χ3v) is 3.97. The maximum atomic E-state index is 12.9. The lowest BCUT2D eigenvalue weighted by Crippen LogP contribution is -2.28. The molecule has 3 unspecified atom stereocenters. The molecule has 1 aromatic carbocycles. The maximum absolute atomic E-state index is 12.9. The first-order valence-electron chi connectivity index (χ1n) is 7.17. The largest absolute Gasteiger partial charge is 0.464 e. The molecule has 3 atom stereocenters. The average molecular weight is 287 g/mol. The number of benzene rings is 1. The maximum Gasteiger partial charge on any atom is 0.224 e. The van der Waals surface area contributed by atoms with E-state index in [2.05, 4.69) is 5.32 Å². The fraction of sp³-hybridized carbons (Fsp3) is 0.353. The van der Waals surface area contributed by atoms with Crippen LogP contribution in [0.5, 0.6) is 0 Å². The molecule has 110 valence electrons. The van der Waals surface area contributed by atoms with Crippen LogP contribution in [-0.2, 0) is 4.79 Å². The van der Waals surface area contributed by atoms with Crippen molar-refractivity contribution in [2.45, 2.75) is 32.2 Å². The normalized spacial score (nSPS) is 21.9. The van der Waals surface area contributed by atoms with E-state index < -0.39 is 0 Å². The molecule has 1 aliphatic rings. The fourth-order valence-electron chi connectivity index (χ4n) is 2.64. The van der Waals surface area contributed by atoms with Crippen molar-refractivity contribution in [3.05, 3.63) is 59.3 Å². The van der Waals surface area contributed by atoms with Crippen LogP contribution in [0, 0.1) is 18.7 Å². The van der Waals surface area contributed by atoms with Gasteiger partial charge >= 0.3 is 0 Å². The van der Waals surface area contributed by atoms with E-state index in [4.69, 9.17) is 4.42 Å². The molecule has 1 fully saturated rings. The Labute approximate surface area is 123 Å². The van der Waals surface area contributed by atoms with E-state index >= 15 is 0 Å². The van der Waals surface area contributed by atoms with Crippen LogP contribution in [0.1, 0.15) is 42.4 Å². The Morgan fingerprint density at radius 2 is 2.00 bits per heavy atom. The third kappa shape index (κ3) is 2.99. The van der Waals surface area contributed by atoms with Gasteiger partial charge in [0, 0.05) is 5.92 Å². The summed E-state index contributed by atoms with van der Waals surface area (Å²) >= 11 is 0. The Bertz CT molecular complexity index is 647. The van der Waals surface area contributed by atoms with E-state index in [1.54, 1.807) is 12.1 Å². The molecule has 0 bridgehead atoms. The van der Waals surface area contributed by atoms with Crippen LogP contribution >= 0.6 is 0 Å². The number of hydrogen-bond donors (Lipinski definition) is 1. The minimum Gasteiger partial charge on any atom is -0.464 e. The molecule has 21 heavy (non-hydrogen) atoms. The van der Waals surface area contributed by atoms with E-state index in [0.29, 0.717) is 0 Å². The molecule has 1 N–H and O–H groups in total. The van der Waals surface area contributed by atoms with Gasteiger partial charge in [0.15, 0.2) is 0 Å². The second kappa shape index (κ2) is 5.35. The fourth-order valence-corrected chi connectivity index (χ4v) is 2.64. The lowest BCUT2D eigenvalue weighted by atomic mass is 10.1. The summed E-state index contributed by atoms with van der Waals surface area (Å²) in [5.74, 6) is 1.57. The summed E-state index contributed by atoms with van der Waals surface area (Å²) in [6, 6.07) is 10.0. The number of amides is 1. The summed E-state index contributed by atoms with van der Waals surface area (Å²) < 4.78 is 18.4. The predicted molar refractivity (Wildman–Crippen MR) is 77.3 cm³/mol. The number of halogens is 1. The van der Waals surface area contributed by atoms with E-state index in [1.165, 1.54) is 12.1 Å². The van der Waals surface area contributed by atoms with Crippen LogP contribution in [-0.4, -0.2) is 5.91 Å². The molecule has 1 aliphatic carbocycles. The number of aryl methyl sites for hydroxylation is 1. The topological polar surface area (TPSA) is 42.2 Å². The minimum atomic E-state index is -0.248. The van der Waals surface area contributed by atoms with Crippen molar-refractivity contribution in [1.29, 1.82) is 0 Å². The van der Waals surface area contributed by atoms with Gasteiger partial charge in [0.1, 0.15) is 17.3 Å². The Hall–Kier alpha value is -2.10. The number of carbonyl (C=O) groups excluding carboxylic acids is 1. The number of nitrogens with one attached hydrogen (secondary N) is 1. The molecular formula is C17H18FNO2. The van der Waals surface area contributed by atoms with E-state index in [0.717, 1.165) is 23.5 Å². The summed E-state index contributed by atoms with van der Waals surface area (Å²) in [6.45, 7) is 3.79. The van der Waals surface area contributed by atoms with Gasteiger partial charge in [0.05, 0.1) is 6.04 Å². The summed E-state index contributed by atoms with van der Waals surface area (Å²) in [5, 5.41) is 2.98. The van der Waals surface area contributed by atoms with Gasteiger partial charge in [-0.2, -0.15) is 0 Å². The molecule has 1 saturated carbocycles. The van der Waals surface area contributed by atoms with Crippen LogP contribution < -0.4 is 5.32 Å². The molecule has 1 amide bonds. The van der Waals surface area contributed by atoms with Crippen LogP contribution in [0.25, 0.3) is 0 Å². The Morgan fingerprint density at radius 3 is 2.62 bits per heavy atom. The molecule has 3 nitrogen and oxygen atoms in total. The average Bonchev–Trinajstić information content (AvgIpc) is 3.14. The SMILES string of the molecule is Cc1ccc(C(C)NC(=O)C2CC2c2ccc(F)cc2)o1. The van der Waals surface area contributed by atoms with E-state index in [1.807, 2.05) is 26.0 Å². The molecule has 2 aromatic rings. The molecule has 1 aromatic heterocycles.